The summed E-state index contributed by atoms with van der Waals surface area (Å²) in [6.07, 6.45) is 2.86. The van der Waals surface area contributed by atoms with Crippen LogP contribution < -0.4 is 10.5 Å². The quantitative estimate of drug-likeness (QED) is 0.731. The number of aromatic nitrogens is 3. The average molecular weight is 285 g/mol. The predicted octanol–water partition coefficient (Wildman–Crippen LogP) is 1.35. The second-order valence-electron chi connectivity index (χ2n) is 4.12. The largest absolute Gasteiger partial charge is 0.382 e. The summed E-state index contributed by atoms with van der Waals surface area (Å²) >= 11 is 1.44. The molecule has 3 aromatic rings. The van der Waals surface area contributed by atoms with Crippen molar-refractivity contribution >= 4 is 33.3 Å². The third kappa shape index (κ3) is 2.08. The molecule has 6 nitrogen and oxygen atoms in total. The van der Waals surface area contributed by atoms with E-state index in [1.165, 1.54) is 23.7 Å². The lowest BCUT2D eigenvalue weighted by atomic mass is 10.3. The van der Waals surface area contributed by atoms with Crippen molar-refractivity contribution in [2.75, 3.05) is 5.73 Å². The van der Waals surface area contributed by atoms with E-state index in [1.807, 2.05) is 35.9 Å². The van der Waals surface area contributed by atoms with Gasteiger partial charge in [0.25, 0.3) is 0 Å². The van der Waals surface area contributed by atoms with Crippen molar-refractivity contribution in [1.82, 2.24) is 14.5 Å². The van der Waals surface area contributed by atoms with Gasteiger partial charge in [0, 0.05) is 19.4 Å². The number of thiazole rings is 1. The van der Waals surface area contributed by atoms with Gasteiger partial charge in [0.15, 0.2) is 16.3 Å². The van der Waals surface area contributed by atoms with Crippen LogP contribution in [-0.2, 0) is 7.05 Å². The van der Waals surface area contributed by atoms with Gasteiger partial charge in [-0.3, -0.25) is 4.79 Å². The van der Waals surface area contributed by atoms with Crippen LogP contribution in [0.1, 0.15) is 10.5 Å². The van der Waals surface area contributed by atoms with E-state index in [2.05, 4.69) is 15.0 Å². The molecule has 7 heteroatoms. The Morgan fingerprint density at radius 2 is 2.05 bits per heavy atom. The van der Waals surface area contributed by atoms with E-state index in [1.54, 1.807) is 0 Å². The van der Waals surface area contributed by atoms with Gasteiger partial charge in [0.05, 0.1) is 10.2 Å². The zero-order valence-corrected chi connectivity index (χ0v) is 11.5. The highest BCUT2D eigenvalue weighted by Crippen LogP contribution is 2.15. The molecule has 0 saturated carbocycles. The van der Waals surface area contributed by atoms with Crippen LogP contribution in [0.4, 0.5) is 5.82 Å². The van der Waals surface area contributed by atoms with Gasteiger partial charge in [-0.25, -0.2) is 9.97 Å². The van der Waals surface area contributed by atoms with Crippen molar-refractivity contribution in [2.24, 2.45) is 12.0 Å². The van der Waals surface area contributed by atoms with E-state index in [-0.39, 0.29) is 11.5 Å². The molecule has 3 rings (SSSR count). The van der Waals surface area contributed by atoms with Gasteiger partial charge in [0.1, 0.15) is 0 Å². The highest BCUT2D eigenvalue weighted by molar-refractivity contribution is 7.16. The van der Waals surface area contributed by atoms with Crippen molar-refractivity contribution in [3.05, 3.63) is 47.2 Å². The number of fused-ring (bicyclic) bond motifs is 1. The van der Waals surface area contributed by atoms with E-state index in [9.17, 15) is 4.79 Å². The third-order valence-corrected chi connectivity index (χ3v) is 3.95. The molecule has 20 heavy (non-hydrogen) atoms. The number of para-hydroxylation sites is 1. The van der Waals surface area contributed by atoms with Gasteiger partial charge in [-0.2, -0.15) is 4.99 Å². The summed E-state index contributed by atoms with van der Waals surface area (Å²) in [5.74, 6) is -0.400. The van der Waals surface area contributed by atoms with Crippen LogP contribution in [-0.4, -0.2) is 20.4 Å². The topological polar surface area (TPSA) is 86.2 Å². The number of amides is 1. The number of hydrogen-bond acceptors (Lipinski definition) is 5. The van der Waals surface area contributed by atoms with Crippen molar-refractivity contribution in [1.29, 1.82) is 0 Å². The van der Waals surface area contributed by atoms with E-state index < -0.39 is 5.91 Å². The minimum absolute atomic E-state index is 0.0740. The number of hydrogen-bond donors (Lipinski definition) is 1. The molecule has 0 unspecified atom stereocenters. The van der Waals surface area contributed by atoms with Gasteiger partial charge >= 0.3 is 5.91 Å². The van der Waals surface area contributed by atoms with E-state index in [0.717, 1.165) is 10.2 Å². The second-order valence-corrected chi connectivity index (χ2v) is 5.13. The number of benzene rings is 1. The van der Waals surface area contributed by atoms with E-state index in [0.29, 0.717) is 4.80 Å². The molecular formula is C13H11N5OS. The number of nitrogens with zero attached hydrogens (tertiary/aromatic N) is 4. The normalized spacial score (nSPS) is 11.9. The Morgan fingerprint density at radius 3 is 2.80 bits per heavy atom. The Labute approximate surface area is 118 Å². The van der Waals surface area contributed by atoms with Crippen molar-refractivity contribution in [2.45, 2.75) is 0 Å². The summed E-state index contributed by atoms with van der Waals surface area (Å²) in [4.78, 5) is 24.6. The van der Waals surface area contributed by atoms with E-state index >= 15 is 0 Å². The first-order valence-corrected chi connectivity index (χ1v) is 6.68. The molecule has 0 fully saturated rings. The predicted molar refractivity (Wildman–Crippen MR) is 77.1 cm³/mol. The summed E-state index contributed by atoms with van der Waals surface area (Å²) in [6.45, 7) is 0. The van der Waals surface area contributed by atoms with Gasteiger partial charge < -0.3 is 10.3 Å². The second kappa shape index (κ2) is 4.86. The van der Waals surface area contributed by atoms with Crippen LogP contribution in [0.15, 0.2) is 41.7 Å². The Hall–Kier alpha value is -2.54. The molecule has 1 amide bonds. The molecule has 0 bridgehead atoms. The zero-order chi connectivity index (χ0) is 14.1. The minimum Gasteiger partial charge on any atom is -0.382 e. The number of carbonyl (C=O) groups is 1. The number of carbonyl (C=O) groups excluding carboxylic acids is 1. The Morgan fingerprint density at radius 1 is 1.30 bits per heavy atom. The standard InChI is InChI=1S/C13H11N5OS/c1-18-8-4-2-3-5-9(8)20-13(18)17-12(19)10-11(14)16-7-6-15-10/h2-7H,1H3,(H2,14,16). The third-order valence-electron chi connectivity index (χ3n) is 2.84. The maximum atomic E-state index is 12.1. The van der Waals surface area contributed by atoms with Gasteiger partial charge in [0.2, 0.25) is 0 Å². The molecular weight excluding hydrogens is 274 g/mol. The van der Waals surface area contributed by atoms with Crippen LogP contribution in [0.3, 0.4) is 0 Å². The molecule has 2 aromatic heterocycles. The highest BCUT2D eigenvalue weighted by Gasteiger charge is 2.11. The molecule has 0 aliphatic carbocycles. The molecule has 0 saturated heterocycles. The van der Waals surface area contributed by atoms with Gasteiger partial charge in [-0.1, -0.05) is 23.5 Å². The Balaban J connectivity index is 2.13. The number of nitrogen functional groups attached to an aromatic ring is 1. The van der Waals surface area contributed by atoms with Crippen LogP contribution in [0, 0.1) is 0 Å². The summed E-state index contributed by atoms with van der Waals surface area (Å²) in [5, 5.41) is 0. The highest BCUT2D eigenvalue weighted by atomic mass is 32.1. The van der Waals surface area contributed by atoms with Gasteiger partial charge in [-0.15, -0.1) is 0 Å². The summed E-state index contributed by atoms with van der Waals surface area (Å²) in [6, 6.07) is 7.86. The summed E-state index contributed by atoms with van der Waals surface area (Å²) < 4.78 is 2.93. The van der Waals surface area contributed by atoms with Crippen LogP contribution in [0.2, 0.25) is 0 Å². The maximum absolute atomic E-state index is 12.1. The fourth-order valence-corrected chi connectivity index (χ4v) is 2.86. The first kappa shape index (κ1) is 12.5. The fourth-order valence-electron chi connectivity index (χ4n) is 1.84. The first-order chi connectivity index (χ1) is 9.66. The summed E-state index contributed by atoms with van der Waals surface area (Å²) in [5.41, 5.74) is 6.73. The lowest BCUT2D eigenvalue weighted by Gasteiger charge is -1.97. The van der Waals surface area contributed by atoms with Crippen molar-refractivity contribution in [3.8, 4) is 0 Å². The minimum atomic E-state index is -0.488. The smallest absolute Gasteiger partial charge is 0.302 e. The SMILES string of the molecule is Cn1c(=NC(=O)c2nccnc2N)sc2ccccc21. The Bertz CT molecular complexity index is 864. The van der Waals surface area contributed by atoms with Crippen LogP contribution in [0.5, 0.6) is 0 Å². The van der Waals surface area contributed by atoms with Gasteiger partial charge in [-0.05, 0) is 12.1 Å². The molecule has 0 aliphatic heterocycles. The molecule has 0 aliphatic rings. The number of rotatable bonds is 1. The lowest BCUT2D eigenvalue weighted by molar-refractivity contribution is 0.0994. The monoisotopic (exact) mass is 285 g/mol. The molecule has 100 valence electrons. The van der Waals surface area contributed by atoms with Crippen LogP contribution in [0.25, 0.3) is 10.2 Å². The number of anilines is 1. The maximum Gasteiger partial charge on any atom is 0.302 e. The number of aryl methyl sites for hydroxylation is 1. The fraction of sp³-hybridized carbons (Fsp3) is 0.0769. The molecule has 0 spiro atoms. The number of nitrogens with two attached hydrogens (primary N) is 1. The molecule has 0 atom stereocenters. The average Bonchev–Trinajstić information content (AvgIpc) is 2.76. The van der Waals surface area contributed by atoms with Crippen LogP contribution >= 0.6 is 11.3 Å². The first-order valence-electron chi connectivity index (χ1n) is 5.87. The summed E-state index contributed by atoms with van der Waals surface area (Å²) in [7, 11) is 1.87. The lowest BCUT2D eigenvalue weighted by Crippen LogP contribution is -2.15. The van der Waals surface area contributed by atoms with E-state index in [4.69, 9.17) is 5.73 Å². The Kier molecular flexibility index (Phi) is 3.03. The zero-order valence-electron chi connectivity index (χ0n) is 10.6. The van der Waals surface area contributed by atoms with Crippen molar-refractivity contribution < 1.29 is 4.79 Å². The van der Waals surface area contributed by atoms with Crippen molar-refractivity contribution in [3.63, 3.8) is 0 Å². The molecule has 0 radical (unpaired) electrons. The molecule has 2 N–H and O–H groups in total. The molecule has 1 aromatic carbocycles. The molecule has 2 heterocycles.